The molecule has 2 aliphatic rings. The highest BCUT2D eigenvalue weighted by Crippen LogP contribution is 2.66. The monoisotopic (exact) mass is 643 g/mol. The minimum Gasteiger partial charge on any atom is -0.294 e. The molecule has 1 aromatic heterocycles. The standard InChI is InChI=1S/C45H33N5/c1-6-20-34(21-7-1)46-40-31-17-16-30-39(40)43-44(46)50(38-28-14-5-15-29-38)45(49(43)37-26-12-4-13-27-37)47(35-22-8-2-9-23-35)41-32-18-19-33-42(41)48(45)36-24-10-3-11-25-36/h1-33H. The van der Waals surface area contributed by atoms with Gasteiger partial charge in [-0.05, 0) is 78.9 Å². The van der Waals surface area contributed by atoms with E-state index in [2.05, 4.69) is 224 Å². The van der Waals surface area contributed by atoms with Gasteiger partial charge < -0.3 is 0 Å². The normalized spacial score (nSPS) is 14.4. The second-order valence-electron chi connectivity index (χ2n) is 12.6. The van der Waals surface area contributed by atoms with Crippen LogP contribution in [0.25, 0.3) is 16.6 Å². The molecule has 50 heavy (non-hydrogen) atoms. The Labute approximate surface area is 291 Å². The van der Waals surface area contributed by atoms with E-state index < -0.39 is 5.91 Å². The molecule has 0 atom stereocenters. The van der Waals surface area contributed by atoms with Crippen LogP contribution in [0.5, 0.6) is 0 Å². The Kier molecular flexibility index (Phi) is 6.33. The Morgan fingerprint density at radius 3 is 1.14 bits per heavy atom. The number of anilines is 8. The van der Waals surface area contributed by atoms with Gasteiger partial charge in [-0.1, -0.05) is 121 Å². The lowest BCUT2D eigenvalue weighted by Crippen LogP contribution is -2.70. The summed E-state index contributed by atoms with van der Waals surface area (Å²) >= 11 is 0. The molecule has 238 valence electrons. The van der Waals surface area contributed by atoms with E-state index in [1.165, 1.54) is 5.39 Å². The van der Waals surface area contributed by atoms with E-state index in [0.29, 0.717) is 0 Å². The van der Waals surface area contributed by atoms with Crippen LogP contribution in [0.3, 0.4) is 0 Å². The van der Waals surface area contributed by atoms with Crippen LogP contribution in [-0.4, -0.2) is 10.5 Å². The van der Waals surface area contributed by atoms with Gasteiger partial charge in [0.05, 0.1) is 22.6 Å². The van der Waals surface area contributed by atoms with Gasteiger partial charge in [0.25, 0.3) is 5.91 Å². The molecule has 1 spiro atoms. The maximum absolute atomic E-state index is 2.57. The molecule has 0 unspecified atom stereocenters. The smallest absolute Gasteiger partial charge is 0.294 e. The maximum atomic E-state index is 2.57. The van der Waals surface area contributed by atoms with Crippen molar-refractivity contribution < 1.29 is 0 Å². The third-order valence-electron chi connectivity index (χ3n) is 9.89. The molecule has 10 rings (SSSR count). The fourth-order valence-corrected chi connectivity index (χ4v) is 8.06. The second-order valence-corrected chi connectivity index (χ2v) is 12.6. The topological polar surface area (TPSA) is 17.9 Å². The average molecular weight is 644 g/mol. The summed E-state index contributed by atoms with van der Waals surface area (Å²) in [5.74, 6) is 0.0856. The SMILES string of the molecule is c1ccc(N2c3ccccc3N(c3ccccc3)C23N(c2ccccc2)c2c(n(-c4ccccc4)c4ccccc24)N3c2ccccc2)cc1. The zero-order valence-corrected chi connectivity index (χ0v) is 27.3. The zero-order chi connectivity index (χ0) is 33.1. The first-order valence-electron chi connectivity index (χ1n) is 17.1. The van der Waals surface area contributed by atoms with Crippen molar-refractivity contribution in [2.24, 2.45) is 0 Å². The van der Waals surface area contributed by atoms with Crippen LogP contribution in [0, 0.1) is 0 Å². The Morgan fingerprint density at radius 2 is 0.660 bits per heavy atom. The van der Waals surface area contributed by atoms with Crippen molar-refractivity contribution in [3.63, 3.8) is 0 Å². The molecule has 8 aromatic rings. The van der Waals surface area contributed by atoms with E-state index in [4.69, 9.17) is 0 Å². The van der Waals surface area contributed by atoms with E-state index in [-0.39, 0.29) is 0 Å². The predicted octanol–water partition coefficient (Wildman–Crippen LogP) is 11.5. The molecule has 0 N–H and O–H groups in total. The van der Waals surface area contributed by atoms with Crippen LogP contribution in [0.15, 0.2) is 200 Å². The van der Waals surface area contributed by atoms with E-state index in [0.717, 1.165) is 56.8 Å². The van der Waals surface area contributed by atoms with Crippen molar-refractivity contribution in [1.29, 1.82) is 0 Å². The van der Waals surface area contributed by atoms with Crippen LogP contribution >= 0.6 is 0 Å². The van der Waals surface area contributed by atoms with Gasteiger partial charge in [0.1, 0.15) is 5.82 Å². The molecule has 2 aliphatic heterocycles. The van der Waals surface area contributed by atoms with Gasteiger partial charge >= 0.3 is 0 Å². The Hall–Kier alpha value is -6.72. The van der Waals surface area contributed by atoms with Gasteiger partial charge in [-0.25, -0.2) is 0 Å². The third-order valence-corrected chi connectivity index (χ3v) is 9.89. The van der Waals surface area contributed by atoms with Gasteiger partial charge in [0, 0.05) is 33.8 Å². The fraction of sp³-hybridized carbons (Fsp3) is 0.0222. The highest BCUT2D eigenvalue weighted by atomic mass is 15.8. The first-order chi connectivity index (χ1) is 24.9. The van der Waals surface area contributed by atoms with Crippen molar-refractivity contribution in [3.8, 4) is 5.69 Å². The summed E-state index contributed by atoms with van der Waals surface area (Å²) in [6.07, 6.45) is 0. The highest BCUT2D eigenvalue weighted by Gasteiger charge is 2.66. The van der Waals surface area contributed by atoms with Crippen molar-refractivity contribution in [3.05, 3.63) is 200 Å². The van der Waals surface area contributed by atoms with E-state index >= 15 is 0 Å². The number of benzene rings is 7. The number of nitrogens with zero attached hydrogens (tertiary/aromatic N) is 5. The molecule has 0 aliphatic carbocycles. The quantitative estimate of drug-likeness (QED) is 0.186. The van der Waals surface area contributed by atoms with Gasteiger partial charge in [-0.15, -0.1) is 0 Å². The molecule has 5 nitrogen and oxygen atoms in total. The summed E-state index contributed by atoms with van der Waals surface area (Å²) < 4.78 is 2.44. The molecule has 0 saturated heterocycles. The summed E-state index contributed by atoms with van der Waals surface area (Å²) in [5.41, 5.74) is 9.93. The largest absolute Gasteiger partial charge is 0.297 e. The molecule has 0 bridgehead atoms. The van der Waals surface area contributed by atoms with Crippen LogP contribution in [0.1, 0.15) is 0 Å². The summed E-state index contributed by atoms with van der Waals surface area (Å²) in [6, 6.07) is 71.8. The summed E-state index contributed by atoms with van der Waals surface area (Å²) in [6.45, 7) is 0. The minimum absolute atomic E-state index is 1.000. The molecule has 0 saturated carbocycles. The lowest BCUT2D eigenvalue weighted by atomic mass is 10.1. The summed E-state index contributed by atoms with van der Waals surface area (Å²) in [4.78, 5) is 10.2. The Morgan fingerprint density at radius 1 is 0.300 bits per heavy atom. The number of rotatable bonds is 5. The van der Waals surface area contributed by atoms with E-state index in [1.54, 1.807) is 0 Å². The molecule has 0 fully saturated rings. The third kappa shape index (κ3) is 3.89. The minimum atomic E-state index is -1.000. The second kappa shape index (κ2) is 11.2. The lowest BCUT2D eigenvalue weighted by molar-refractivity contribution is 0.477. The van der Waals surface area contributed by atoms with E-state index in [9.17, 15) is 0 Å². The van der Waals surface area contributed by atoms with Gasteiger partial charge in [0.2, 0.25) is 0 Å². The number of para-hydroxylation sites is 8. The Balaban J connectivity index is 1.45. The maximum Gasteiger partial charge on any atom is 0.297 e. The van der Waals surface area contributed by atoms with Gasteiger partial charge in [0.15, 0.2) is 0 Å². The molecule has 7 aromatic carbocycles. The van der Waals surface area contributed by atoms with Gasteiger partial charge in [-0.3, -0.25) is 24.2 Å². The lowest BCUT2D eigenvalue weighted by Gasteiger charge is -2.53. The summed E-state index contributed by atoms with van der Waals surface area (Å²) in [7, 11) is 0. The molecular formula is C45H33N5. The first-order valence-corrected chi connectivity index (χ1v) is 17.1. The molecular weight excluding hydrogens is 611 g/mol. The van der Waals surface area contributed by atoms with Crippen molar-refractivity contribution in [2.45, 2.75) is 5.91 Å². The number of hydrogen-bond donors (Lipinski definition) is 0. The highest BCUT2D eigenvalue weighted by molar-refractivity contribution is 6.12. The average Bonchev–Trinajstić information content (AvgIpc) is 3.79. The van der Waals surface area contributed by atoms with Crippen LogP contribution in [0.4, 0.5) is 45.6 Å². The Bertz CT molecular complexity index is 2380. The number of aromatic nitrogens is 1. The van der Waals surface area contributed by atoms with Crippen molar-refractivity contribution >= 4 is 56.5 Å². The van der Waals surface area contributed by atoms with E-state index in [1.807, 2.05) is 0 Å². The summed E-state index contributed by atoms with van der Waals surface area (Å²) in [5, 5.41) is 1.17. The molecule has 0 amide bonds. The first kappa shape index (κ1) is 28.3. The van der Waals surface area contributed by atoms with Crippen molar-refractivity contribution in [2.75, 3.05) is 19.6 Å². The van der Waals surface area contributed by atoms with Crippen LogP contribution in [-0.2, 0) is 0 Å². The molecule has 0 radical (unpaired) electrons. The molecule has 5 heteroatoms. The van der Waals surface area contributed by atoms with Gasteiger partial charge in [-0.2, -0.15) is 0 Å². The fourth-order valence-electron chi connectivity index (χ4n) is 8.06. The van der Waals surface area contributed by atoms with Crippen LogP contribution in [0.2, 0.25) is 0 Å². The number of hydrogen-bond acceptors (Lipinski definition) is 4. The zero-order valence-electron chi connectivity index (χ0n) is 27.3. The van der Waals surface area contributed by atoms with Crippen molar-refractivity contribution in [1.82, 2.24) is 4.57 Å². The molecule has 3 heterocycles. The number of fused-ring (bicyclic) bond motifs is 4. The van der Waals surface area contributed by atoms with Crippen LogP contribution < -0.4 is 19.6 Å². The predicted molar refractivity (Wildman–Crippen MR) is 207 cm³/mol.